The van der Waals surface area contributed by atoms with Crippen LogP contribution in [-0.4, -0.2) is 35.0 Å². The Morgan fingerprint density at radius 1 is 1.00 bits per heavy atom. The van der Waals surface area contributed by atoms with Crippen LogP contribution in [0.1, 0.15) is 25.7 Å². The highest BCUT2D eigenvalue weighted by Crippen LogP contribution is 2.35. The summed E-state index contributed by atoms with van der Waals surface area (Å²) in [5, 5.41) is 1.71. The Bertz CT molecular complexity index is 1040. The third kappa shape index (κ3) is 3.82. The van der Waals surface area contributed by atoms with E-state index in [0.717, 1.165) is 66.6 Å². The van der Waals surface area contributed by atoms with E-state index in [2.05, 4.69) is 4.98 Å². The molecule has 148 valence electrons. The second-order valence-electron chi connectivity index (χ2n) is 7.94. The first-order valence-corrected chi connectivity index (χ1v) is 10.7. The van der Waals surface area contributed by atoms with Crippen LogP contribution < -0.4 is 4.74 Å². The van der Waals surface area contributed by atoms with Gasteiger partial charge in [0.05, 0.1) is 10.5 Å². The second-order valence-corrected chi connectivity index (χ2v) is 8.32. The van der Waals surface area contributed by atoms with Gasteiger partial charge in [-0.05, 0) is 36.6 Å². The molecule has 5 rings (SSSR count). The van der Waals surface area contributed by atoms with E-state index in [4.69, 9.17) is 16.3 Å². The molecule has 1 amide bonds. The van der Waals surface area contributed by atoms with E-state index in [0.29, 0.717) is 16.8 Å². The summed E-state index contributed by atoms with van der Waals surface area (Å²) < 4.78 is 6.17. The molecule has 1 aromatic heterocycles. The van der Waals surface area contributed by atoms with E-state index >= 15 is 0 Å². The number of benzene rings is 2. The zero-order chi connectivity index (χ0) is 19.8. The summed E-state index contributed by atoms with van der Waals surface area (Å²) in [6, 6.07) is 16.1. The van der Waals surface area contributed by atoms with Crippen molar-refractivity contribution in [2.45, 2.75) is 31.8 Å². The molecule has 1 aliphatic heterocycles. The smallest absolute Gasteiger partial charge is 0.225 e. The summed E-state index contributed by atoms with van der Waals surface area (Å²) in [5.74, 6) is 1.50. The first-order valence-electron chi connectivity index (χ1n) is 10.3. The lowest BCUT2D eigenvalue weighted by Gasteiger charge is -2.32. The Kier molecular flexibility index (Phi) is 4.88. The molecule has 0 radical (unpaired) electrons. The average Bonchev–Trinajstić information content (AvgIpc) is 3.61. The van der Waals surface area contributed by atoms with Crippen molar-refractivity contribution < 1.29 is 9.53 Å². The zero-order valence-electron chi connectivity index (χ0n) is 16.2. The van der Waals surface area contributed by atoms with Crippen molar-refractivity contribution in [2.75, 3.05) is 13.1 Å². The predicted octanol–water partition coefficient (Wildman–Crippen LogP) is 5.34. The third-order valence-electron chi connectivity index (χ3n) is 5.86. The Labute approximate surface area is 175 Å². The van der Waals surface area contributed by atoms with Crippen LogP contribution in [0.2, 0.25) is 5.02 Å². The summed E-state index contributed by atoms with van der Waals surface area (Å²) in [4.78, 5) is 18.6. The number of hydrogen-bond donors (Lipinski definition) is 0. The third-order valence-corrected chi connectivity index (χ3v) is 6.24. The molecule has 1 aliphatic carbocycles. The zero-order valence-corrected chi connectivity index (χ0v) is 16.9. The molecular weight excluding hydrogens is 384 g/mol. The maximum Gasteiger partial charge on any atom is 0.225 e. The Hall–Kier alpha value is -2.59. The van der Waals surface area contributed by atoms with Crippen molar-refractivity contribution in [3.05, 3.63) is 59.8 Å². The molecule has 2 heterocycles. The van der Waals surface area contributed by atoms with Gasteiger partial charge in [-0.3, -0.25) is 9.78 Å². The van der Waals surface area contributed by atoms with E-state index in [9.17, 15) is 4.79 Å². The van der Waals surface area contributed by atoms with E-state index in [-0.39, 0.29) is 6.10 Å². The number of carbonyl (C=O) groups excluding carboxylic acids is 1. The van der Waals surface area contributed by atoms with Crippen LogP contribution in [-0.2, 0) is 4.79 Å². The Morgan fingerprint density at radius 2 is 1.76 bits per heavy atom. The van der Waals surface area contributed by atoms with Crippen LogP contribution >= 0.6 is 11.6 Å². The SMILES string of the molecule is O=C(C1CC1)N1CCC(Oc2ccc(-c3ccc4cccnc4c3Cl)cc2)CC1. The lowest BCUT2D eigenvalue weighted by atomic mass is 10.0. The maximum absolute atomic E-state index is 12.2. The number of nitrogens with zero attached hydrogens (tertiary/aromatic N) is 2. The van der Waals surface area contributed by atoms with Crippen LogP contribution in [0, 0.1) is 5.92 Å². The second kappa shape index (κ2) is 7.68. The van der Waals surface area contributed by atoms with Crippen molar-refractivity contribution in [1.82, 2.24) is 9.88 Å². The summed E-state index contributed by atoms with van der Waals surface area (Å²) in [5.41, 5.74) is 2.83. The number of ether oxygens (including phenoxy) is 1. The number of hydrogen-bond acceptors (Lipinski definition) is 3. The Morgan fingerprint density at radius 3 is 2.48 bits per heavy atom. The topological polar surface area (TPSA) is 42.4 Å². The molecule has 4 nitrogen and oxygen atoms in total. The lowest BCUT2D eigenvalue weighted by Crippen LogP contribution is -2.42. The number of likely N-dealkylation sites (tertiary alicyclic amines) is 1. The standard InChI is InChI=1S/C24H23ClN2O2/c25-22-21(10-7-17-2-1-13-26-23(17)22)16-5-8-19(9-6-16)29-20-11-14-27(15-12-20)24(28)18-3-4-18/h1-2,5-10,13,18,20H,3-4,11-12,14-15H2. The van der Waals surface area contributed by atoms with Gasteiger partial charge in [0.2, 0.25) is 5.91 Å². The van der Waals surface area contributed by atoms with Gasteiger partial charge < -0.3 is 9.64 Å². The number of piperidine rings is 1. The fourth-order valence-corrected chi connectivity index (χ4v) is 4.35. The molecule has 5 heteroatoms. The number of aromatic nitrogens is 1. The van der Waals surface area contributed by atoms with Crippen LogP contribution in [0.25, 0.3) is 22.0 Å². The number of pyridine rings is 1. The number of rotatable bonds is 4. The monoisotopic (exact) mass is 406 g/mol. The van der Waals surface area contributed by atoms with Gasteiger partial charge in [-0.1, -0.05) is 41.9 Å². The molecule has 2 aliphatic rings. The fraction of sp³-hybridized carbons (Fsp3) is 0.333. The number of carbonyl (C=O) groups is 1. The van der Waals surface area contributed by atoms with Gasteiger partial charge in [-0.25, -0.2) is 0 Å². The highest BCUT2D eigenvalue weighted by Gasteiger charge is 2.35. The predicted molar refractivity (Wildman–Crippen MR) is 115 cm³/mol. The minimum absolute atomic E-state index is 0.164. The fourth-order valence-electron chi connectivity index (χ4n) is 4.02. The summed E-state index contributed by atoms with van der Waals surface area (Å²) in [7, 11) is 0. The molecule has 0 N–H and O–H groups in total. The van der Waals surface area contributed by atoms with Crippen molar-refractivity contribution >= 4 is 28.4 Å². The average molecular weight is 407 g/mol. The van der Waals surface area contributed by atoms with Gasteiger partial charge in [0.25, 0.3) is 0 Å². The van der Waals surface area contributed by atoms with Crippen LogP contribution in [0.3, 0.4) is 0 Å². The molecule has 1 saturated carbocycles. The lowest BCUT2D eigenvalue weighted by molar-refractivity contribution is -0.134. The van der Waals surface area contributed by atoms with Crippen LogP contribution in [0.5, 0.6) is 5.75 Å². The number of halogens is 1. The van der Waals surface area contributed by atoms with E-state index in [1.54, 1.807) is 6.20 Å². The maximum atomic E-state index is 12.2. The van der Waals surface area contributed by atoms with Gasteiger partial charge in [-0.2, -0.15) is 0 Å². The molecule has 0 spiro atoms. The normalized spacial score (nSPS) is 17.5. The highest BCUT2D eigenvalue weighted by atomic mass is 35.5. The van der Waals surface area contributed by atoms with Gasteiger partial charge in [0.15, 0.2) is 0 Å². The van der Waals surface area contributed by atoms with E-state index in [1.807, 2.05) is 53.4 Å². The van der Waals surface area contributed by atoms with Crippen molar-refractivity contribution in [2.24, 2.45) is 5.92 Å². The largest absolute Gasteiger partial charge is 0.490 e. The van der Waals surface area contributed by atoms with Crippen molar-refractivity contribution in [3.63, 3.8) is 0 Å². The highest BCUT2D eigenvalue weighted by molar-refractivity contribution is 6.37. The molecule has 29 heavy (non-hydrogen) atoms. The molecule has 0 bridgehead atoms. The first kappa shape index (κ1) is 18.4. The van der Waals surface area contributed by atoms with Crippen LogP contribution in [0.4, 0.5) is 0 Å². The molecule has 2 aromatic carbocycles. The van der Waals surface area contributed by atoms with Gasteiger partial charge in [-0.15, -0.1) is 0 Å². The van der Waals surface area contributed by atoms with E-state index < -0.39 is 0 Å². The molecule has 1 saturated heterocycles. The summed E-state index contributed by atoms with van der Waals surface area (Å²) in [6.07, 6.45) is 5.85. The molecule has 2 fully saturated rings. The quantitative estimate of drug-likeness (QED) is 0.587. The Balaban J connectivity index is 1.25. The molecule has 0 atom stereocenters. The molecule has 0 unspecified atom stereocenters. The number of amides is 1. The molecular formula is C24H23ClN2O2. The summed E-state index contributed by atoms with van der Waals surface area (Å²) in [6.45, 7) is 1.61. The minimum Gasteiger partial charge on any atom is -0.490 e. The van der Waals surface area contributed by atoms with Crippen LogP contribution in [0.15, 0.2) is 54.7 Å². The van der Waals surface area contributed by atoms with Crippen molar-refractivity contribution in [3.8, 4) is 16.9 Å². The van der Waals surface area contributed by atoms with Crippen molar-refractivity contribution in [1.29, 1.82) is 0 Å². The van der Waals surface area contributed by atoms with Gasteiger partial charge >= 0.3 is 0 Å². The first-order chi connectivity index (χ1) is 14.2. The number of fused-ring (bicyclic) bond motifs is 1. The molecule has 3 aromatic rings. The van der Waals surface area contributed by atoms with Gasteiger partial charge in [0, 0.05) is 49.0 Å². The summed E-state index contributed by atoms with van der Waals surface area (Å²) >= 11 is 6.61. The van der Waals surface area contributed by atoms with E-state index in [1.165, 1.54) is 0 Å². The van der Waals surface area contributed by atoms with Gasteiger partial charge in [0.1, 0.15) is 11.9 Å². The minimum atomic E-state index is 0.164.